The smallest absolute Gasteiger partial charge is 0.0380 e. The molecule has 0 bridgehead atoms. The van der Waals surface area contributed by atoms with Crippen LogP contribution in [0.5, 0.6) is 0 Å². The molecule has 1 aliphatic carbocycles. The molecule has 0 aromatic carbocycles. The molecule has 1 fully saturated rings. The van der Waals surface area contributed by atoms with Gasteiger partial charge >= 0.3 is 0 Å². The average molecular weight is 168 g/mol. The van der Waals surface area contributed by atoms with Crippen molar-refractivity contribution in [1.82, 2.24) is 0 Å². The summed E-state index contributed by atoms with van der Waals surface area (Å²) in [6, 6.07) is 0. The zero-order valence-corrected chi connectivity index (χ0v) is 9.19. The fourth-order valence-electron chi connectivity index (χ4n) is 2.48. The molecule has 0 aromatic rings. The van der Waals surface area contributed by atoms with Crippen LogP contribution in [0, 0.1) is 17.3 Å². The maximum Gasteiger partial charge on any atom is -0.0380 e. The summed E-state index contributed by atoms with van der Waals surface area (Å²) in [5.74, 6) is 2.00. The van der Waals surface area contributed by atoms with Gasteiger partial charge in [0, 0.05) is 0 Å². The van der Waals surface area contributed by atoms with Gasteiger partial charge in [-0.2, -0.15) is 0 Å². The van der Waals surface area contributed by atoms with E-state index in [4.69, 9.17) is 0 Å². The maximum atomic E-state index is 2.44. The van der Waals surface area contributed by atoms with Gasteiger partial charge in [0.1, 0.15) is 0 Å². The molecule has 0 radical (unpaired) electrons. The Morgan fingerprint density at radius 2 is 1.67 bits per heavy atom. The molecule has 0 aromatic heterocycles. The van der Waals surface area contributed by atoms with Crippen molar-refractivity contribution in [2.45, 2.75) is 59.8 Å². The first-order valence-corrected chi connectivity index (χ1v) is 5.49. The SMILES string of the molecule is C[C@H]1CCCC[C@@H]1CC(C)(C)C. The molecule has 0 nitrogen and oxygen atoms in total. The van der Waals surface area contributed by atoms with Crippen molar-refractivity contribution in [3.8, 4) is 0 Å². The first-order valence-electron chi connectivity index (χ1n) is 5.49. The summed E-state index contributed by atoms with van der Waals surface area (Å²) in [6.45, 7) is 9.55. The summed E-state index contributed by atoms with van der Waals surface area (Å²) in [5, 5.41) is 0. The van der Waals surface area contributed by atoms with Crippen LogP contribution in [0.15, 0.2) is 0 Å². The second kappa shape index (κ2) is 3.81. The zero-order valence-electron chi connectivity index (χ0n) is 9.19. The predicted octanol–water partition coefficient (Wildman–Crippen LogP) is 4.25. The van der Waals surface area contributed by atoms with Crippen LogP contribution in [0.2, 0.25) is 0 Å². The third kappa shape index (κ3) is 3.16. The molecule has 0 amide bonds. The summed E-state index contributed by atoms with van der Waals surface area (Å²) in [4.78, 5) is 0. The van der Waals surface area contributed by atoms with Crippen LogP contribution in [0.25, 0.3) is 0 Å². The van der Waals surface area contributed by atoms with Crippen LogP contribution >= 0.6 is 0 Å². The van der Waals surface area contributed by atoms with Crippen LogP contribution in [-0.2, 0) is 0 Å². The van der Waals surface area contributed by atoms with Gasteiger partial charge in [0.05, 0.1) is 0 Å². The minimum Gasteiger partial charge on any atom is -0.0622 e. The van der Waals surface area contributed by atoms with Crippen molar-refractivity contribution >= 4 is 0 Å². The summed E-state index contributed by atoms with van der Waals surface area (Å²) < 4.78 is 0. The summed E-state index contributed by atoms with van der Waals surface area (Å²) in [6.07, 6.45) is 7.33. The molecular formula is C12H24. The van der Waals surface area contributed by atoms with Crippen molar-refractivity contribution in [2.24, 2.45) is 17.3 Å². The Morgan fingerprint density at radius 3 is 2.17 bits per heavy atom. The molecule has 2 atom stereocenters. The molecule has 0 aliphatic heterocycles. The second-order valence-corrected chi connectivity index (χ2v) is 5.79. The molecule has 72 valence electrons. The van der Waals surface area contributed by atoms with E-state index in [0.29, 0.717) is 5.41 Å². The maximum absolute atomic E-state index is 2.44. The van der Waals surface area contributed by atoms with Gasteiger partial charge in [0.15, 0.2) is 0 Å². The van der Waals surface area contributed by atoms with E-state index in [1.54, 1.807) is 0 Å². The highest BCUT2D eigenvalue weighted by atomic mass is 14.3. The number of rotatable bonds is 1. The molecular weight excluding hydrogens is 144 g/mol. The highest BCUT2D eigenvalue weighted by Gasteiger charge is 2.25. The lowest BCUT2D eigenvalue weighted by Gasteiger charge is -2.33. The van der Waals surface area contributed by atoms with Gasteiger partial charge in [-0.05, 0) is 23.7 Å². The molecule has 12 heavy (non-hydrogen) atoms. The van der Waals surface area contributed by atoms with Crippen molar-refractivity contribution in [3.63, 3.8) is 0 Å². The molecule has 0 unspecified atom stereocenters. The van der Waals surface area contributed by atoms with Crippen LogP contribution in [0.3, 0.4) is 0 Å². The van der Waals surface area contributed by atoms with Gasteiger partial charge in [-0.1, -0.05) is 53.4 Å². The van der Waals surface area contributed by atoms with E-state index >= 15 is 0 Å². The molecule has 1 aliphatic rings. The number of hydrogen-bond donors (Lipinski definition) is 0. The largest absolute Gasteiger partial charge is 0.0622 e. The highest BCUT2D eigenvalue weighted by Crippen LogP contribution is 2.37. The van der Waals surface area contributed by atoms with E-state index in [1.807, 2.05) is 0 Å². The van der Waals surface area contributed by atoms with E-state index < -0.39 is 0 Å². The molecule has 1 rings (SSSR count). The van der Waals surface area contributed by atoms with Crippen LogP contribution < -0.4 is 0 Å². The lowest BCUT2D eigenvalue weighted by molar-refractivity contribution is 0.180. The van der Waals surface area contributed by atoms with Crippen molar-refractivity contribution in [2.75, 3.05) is 0 Å². The Labute approximate surface area is 77.7 Å². The Hall–Kier alpha value is 0. The lowest BCUT2D eigenvalue weighted by atomic mass is 9.72. The van der Waals surface area contributed by atoms with E-state index in [2.05, 4.69) is 27.7 Å². The normalized spacial score (nSPS) is 32.0. The van der Waals surface area contributed by atoms with Crippen LogP contribution in [0.4, 0.5) is 0 Å². The van der Waals surface area contributed by atoms with Gasteiger partial charge < -0.3 is 0 Å². The first kappa shape index (κ1) is 10.1. The second-order valence-electron chi connectivity index (χ2n) is 5.79. The van der Waals surface area contributed by atoms with Gasteiger partial charge in [0.2, 0.25) is 0 Å². The van der Waals surface area contributed by atoms with E-state index in [9.17, 15) is 0 Å². The van der Waals surface area contributed by atoms with E-state index in [-0.39, 0.29) is 0 Å². The topological polar surface area (TPSA) is 0 Å². The standard InChI is InChI=1S/C12H24/c1-10-7-5-6-8-11(10)9-12(2,3)4/h10-11H,5-9H2,1-4H3/t10-,11+/m0/s1. The van der Waals surface area contributed by atoms with Gasteiger partial charge in [-0.25, -0.2) is 0 Å². The molecule has 0 saturated heterocycles. The summed E-state index contributed by atoms with van der Waals surface area (Å²) >= 11 is 0. The third-order valence-corrected chi connectivity index (χ3v) is 3.16. The highest BCUT2D eigenvalue weighted by molar-refractivity contribution is 4.76. The quantitative estimate of drug-likeness (QED) is 0.549. The van der Waals surface area contributed by atoms with Crippen LogP contribution in [-0.4, -0.2) is 0 Å². The van der Waals surface area contributed by atoms with Crippen molar-refractivity contribution in [3.05, 3.63) is 0 Å². The molecule has 0 heteroatoms. The van der Waals surface area contributed by atoms with Crippen molar-refractivity contribution in [1.29, 1.82) is 0 Å². The average Bonchev–Trinajstić information content (AvgIpc) is 1.91. The predicted molar refractivity (Wildman–Crippen MR) is 55.2 cm³/mol. The minimum atomic E-state index is 0.538. The lowest BCUT2D eigenvalue weighted by Crippen LogP contribution is -2.22. The fourth-order valence-corrected chi connectivity index (χ4v) is 2.48. The Kier molecular flexibility index (Phi) is 3.20. The van der Waals surface area contributed by atoms with Gasteiger partial charge in [0.25, 0.3) is 0 Å². The third-order valence-electron chi connectivity index (χ3n) is 3.16. The number of hydrogen-bond acceptors (Lipinski definition) is 0. The Morgan fingerprint density at radius 1 is 1.08 bits per heavy atom. The Bertz CT molecular complexity index is 129. The summed E-state index contributed by atoms with van der Waals surface area (Å²) in [5.41, 5.74) is 0.538. The monoisotopic (exact) mass is 168 g/mol. The minimum absolute atomic E-state index is 0.538. The fraction of sp³-hybridized carbons (Fsp3) is 1.00. The van der Waals surface area contributed by atoms with E-state index in [0.717, 1.165) is 11.8 Å². The first-order chi connectivity index (χ1) is 5.49. The molecule has 1 saturated carbocycles. The van der Waals surface area contributed by atoms with Crippen molar-refractivity contribution < 1.29 is 0 Å². The van der Waals surface area contributed by atoms with Crippen LogP contribution in [0.1, 0.15) is 59.8 Å². The molecule has 0 heterocycles. The van der Waals surface area contributed by atoms with E-state index in [1.165, 1.54) is 32.1 Å². The van der Waals surface area contributed by atoms with Gasteiger partial charge in [-0.3, -0.25) is 0 Å². The molecule has 0 spiro atoms. The van der Waals surface area contributed by atoms with Gasteiger partial charge in [-0.15, -0.1) is 0 Å². The zero-order chi connectivity index (χ0) is 9.19. The molecule has 0 N–H and O–H groups in total. The summed E-state index contributed by atoms with van der Waals surface area (Å²) in [7, 11) is 0. The Balaban J connectivity index is 2.39.